The lowest BCUT2D eigenvalue weighted by Gasteiger charge is -2.37. The molecule has 1 amide bonds. The lowest BCUT2D eigenvalue weighted by molar-refractivity contribution is -0.186. The monoisotopic (exact) mass is 469 g/mol. The molecule has 2 fully saturated rings. The van der Waals surface area contributed by atoms with E-state index in [0.29, 0.717) is 17.1 Å². The van der Waals surface area contributed by atoms with Crippen LogP contribution in [0.25, 0.3) is 11.2 Å². The number of amides is 1. The molecular formula is C22H30F3N5O3. The van der Waals surface area contributed by atoms with E-state index in [2.05, 4.69) is 15.0 Å². The fraction of sp³-hybridized carbons (Fsp3) is 0.636. The topological polar surface area (TPSA) is 125 Å². The number of halogens is 3. The number of carboxylic acid groups (broad SMARTS) is 1. The summed E-state index contributed by atoms with van der Waals surface area (Å²) in [6.45, 7) is 5.83. The third kappa shape index (κ3) is 6.01. The summed E-state index contributed by atoms with van der Waals surface area (Å²) in [5.41, 5.74) is 7.56. The van der Waals surface area contributed by atoms with Crippen LogP contribution in [0.15, 0.2) is 12.4 Å². The molecule has 0 spiro atoms. The fourth-order valence-electron chi connectivity index (χ4n) is 3.64. The number of aromatic nitrogens is 3. The first-order valence-electron chi connectivity index (χ1n) is 11.0. The molecule has 2 aromatic heterocycles. The Balaban J connectivity index is 0.000000188. The predicted octanol–water partition coefficient (Wildman–Crippen LogP) is 3.69. The van der Waals surface area contributed by atoms with Crippen molar-refractivity contribution < 1.29 is 27.9 Å². The first-order valence-corrected chi connectivity index (χ1v) is 11.0. The number of carbonyl (C=O) groups excluding carboxylic acids is 1. The number of H-pyrrole nitrogens is 1. The zero-order chi connectivity index (χ0) is 24.6. The number of nitrogens with two attached hydrogens (primary N) is 1. The van der Waals surface area contributed by atoms with Gasteiger partial charge in [0.2, 0.25) is 5.91 Å². The smallest absolute Gasteiger partial charge is 0.391 e. The molecule has 4 rings (SSSR count). The number of nitrogens with one attached hydrogen (secondary N) is 1. The van der Waals surface area contributed by atoms with Crippen LogP contribution < -0.4 is 5.73 Å². The van der Waals surface area contributed by atoms with Crippen molar-refractivity contribution in [3.63, 3.8) is 0 Å². The van der Waals surface area contributed by atoms with E-state index < -0.39 is 24.1 Å². The van der Waals surface area contributed by atoms with Crippen LogP contribution in [0.5, 0.6) is 0 Å². The van der Waals surface area contributed by atoms with E-state index in [9.17, 15) is 22.8 Å². The van der Waals surface area contributed by atoms with Gasteiger partial charge < -0.3 is 20.7 Å². The van der Waals surface area contributed by atoms with Crippen molar-refractivity contribution in [1.29, 1.82) is 0 Å². The Morgan fingerprint density at radius 1 is 1.18 bits per heavy atom. The highest BCUT2D eigenvalue weighted by Gasteiger charge is 2.42. The minimum atomic E-state index is -4.15. The molecule has 2 aliphatic rings. The molecule has 2 aromatic rings. The molecule has 8 nitrogen and oxygen atoms in total. The fourth-order valence-corrected chi connectivity index (χ4v) is 3.64. The molecule has 0 bridgehead atoms. The number of alkyl halides is 3. The largest absolute Gasteiger partial charge is 0.478 e. The number of carboxylic acids is 1. The van der Waals surface area contributed by atoms with E-state index >= 15 is 0 Å². The van der Waals surface area contributed by atoms with E-state index in [1.165, 1.54) is 11.1 Å². The highest BCUT2D eigenvalue weighted by molar-refractivity contribution is 6.00. The van der Waals surface area contributed by atoms with Crippen LogP contribution in [0.3, 0.4) is 0 Å². The van der Waals surface area contributed by atoms with Crippen molar-refractivity contribution in [2.45, 2.75) is 64.6 Å². The lowest BCUT2D eigenvalue weighted by Crippen LogP contribution is -2.53. The van der Waals surface area contributed by atoms with Crippen LogP contribution in [-0.2, 0) is 4.79 Å². The van der Waals surface area contributed by atoms with E-state index in [1.807, 2.05) is 20.8 Å². The van der Waals surface area contributed by atoms with Crippen molar-refractivity contribution in [3.05, 3.63) is 23.7 Å². The van der Waals surface area contributed by atoms with Crippen LogP contribution in [0.4, 0.5) is 13.2 Å². The van der Waals surface area contributed by atoms with Gasteiger partial charge >= 0.3 is 12.1 Å². The average Bonchev–Trinajstić information content (AvgIpc) is 3.50. The van der Waals surface area contributed by atoms with Crippen LogP contribution in [-0.4, -0.2) is 62.1 Å². The standard InChI is InChI=1S/C12H21F3N2O.C10H9N3O2/c1-11(2,3)9(16)10(18)17-6-4-8(5-7-17)12(13,14)15;14-10(15)6-3-11-9-8(6)13-7(4-12-9)5-1-2-5/h8-9H,4-7,16H2,1-3H3;3-5H,1-2H2,(H,11,12)(H,14,15)/t9-;/m0./s1. The Morgan fingerprint density at radius 3 is 2.27 bits per heavy atom. The number of fused-ring (bicyclic) bond motifs is 1. The molecule has 0 aromatic carbocycles. The van der Waals surface area contributed by atoms with Gasteiger partial charge in [0.25, 0.3) is 0 Å². The van der Waals surface area contributed by atoms with Gasteiger partial charge in [-0.2, -0.15) is 13.2 Å². The number of aromatic amines is 1. The summed E-state index contributed by atoms with van der Waals surface area (Å²) >= 11 is 0. The zero-order valence-electron chi connectivity index (χ0n) is 18.9. The van der Waals surface area contributed by atoms with Crippen molar-refractivity contribution in [2.24, 2.45) is 17.1 Å². The molecular weight excluding hydrogens is 439 g/mol. The maximum absolute atomic E-state index is 12.5. The Kier molecular flexibility index (Phi) is 7.01. The van der Waals surface area contributed by atoms with Gasteiger partial charge in [-0.05, 0) is 31.1 Å². The van der Waals surface area contributed by atoms with Gasteiger partial charge in [0.1, 0.15) is 11.1 Å². The highest BCUT2D eigenvalue weighted by atomic mass is 19.4. The summed E-state index contributed by atoms with van der Waals surface area (Å²) in [7, 11) is 0. The van der Waals surface area contributed by atoms with Gasteiger partial charge in [0.05, 0.1) is 23.9 Å². The highest BCUT2D eigenvalue weighted by Crippen LogP contribution is 2.39. The molecule has 0 unspecified atom stereocenters. The van der Waals surface area contributed by atoms with E-state index in [4.69, 9.17) is 10.8 Å². The number of rotatable bonds is 3. The van der Waals surface area contributed by atoms with Gasteiger partial charge in [-0.1, -0.05) is 20.8 Å². The van der Waals surface area contributed by atoms with Gasteiger partial charge in [0, 0.05) is 25.2 Å². The van der Waals surface area contributed by atoms with Crippen molar-refractivity contribution in [3.8, 4) is 0 Å². The maximum atomic E-state index is 12.5. The molecule has 1 saturated heterocycles. The van der Waals surface area contributed by atoms with E-state index in [-0.39, 0.29) is 42.8 Å². The van der Waals surface area contributed by atoms with Crippen LogP contribution >= 0.6 is 0 Å². The molecule has 33 heavy (non-hydrogen) atoms. The molecule has 0 radical (unpaired) electrons. The maximum Gasteiger partial charge on any atom is 0.391 e. The SMILES string of the molecule is CC(C)(C)[C@@H](N)C(=O)N1CCC(C(F)(F)F)CC1.O=C(O)c1c[nH]c2ncc(C3CC3)nc12. The first-order chi connectivity index (χ1) is 15.3. The molecule has 11 heteroatoms. The Labute approximate surface area is 189 Å². The second-order valence-electron chi connectivity index (χ2n) is 9.76. The lowest BCUT2D eigenvalue weighted by atomic mass is 9.86. The third-order valence-electron chi connectivity index (χ3n) is 6.09. The van der Waals surface area contributed by atoms with Crippen LogP contribution in [0, 0.1) is 11.3 Å². The molecule has 1 aliphatic heterocycles. The second-order valence-corrected chi connectivity index (χ2v) is 9.76. The minimum absolute atomic E-state index is 0.0217. The normalized spacial score (nSPS) is 18.6. The molecule has 1 atom stereocenters. The van der Waals surface area contributed by atoms with Gasteiger partial charge in [-0.3, -0.25) is 4.79 Å². The van der Waals surface area contributed by atoms with Crippen molar-refractivity contribution in [1.82, 2.24) is 19.9 Å². The third-order valence-corrected chi connectivity index (χ3v) is 6.09. The summed E-state index contributed by atoms with van der Waals surface area (Å²) < 4.78 is 37.5. The predicted molar refractivity (Wildman–Crippen MR) is 116 cm³/mol. The zero-order valence-corrected chi connectivity index (χ0v) is 18.9. The number of aromatic carboxylic acids is 1. The Bertz CT molecular complexity index is 1000. The molecule has 3 heterocycles. The van der Waals surface area contributed by atoms with Crippen molar-refractivity contribution >= 4 is 23.0 Å². The molecule has 182 valence electrons. The van der Waals surface area contributed by atoms with Gasteiger partial charge in [-0.25, -0.2) is 14.8 Å². The summed E-state index contributed by atoms with van der Waals surface area (Å²) in [5.74, 6) is -2.02. The number of carbonyl (C=O) groups is 2. The van der Waals surface area contributed by atoms with Crippen molar-refractivity contribution in [2.75, 3.05) is 13.1 Å². The number of likely N-dealkylation sites (tertiary alicyclic amines) is 1. The summed E-state index contributed by atoms with van der Waals surface area (Å²) in [4.78, 5) is 35.7. The second kappa shape index (κ2) is 9.28. The Hall–Kier alpha value is -2.69. The quantitative estimate of drug-likeness (QED) is 0.630. The summed E-state index contributed by atoms with van der Waals surface area (Å²) in [6.07, 6.45) is 1.23. The van der Waals surface area contributed by atoms with Gasteiger partial charge in [-0.15, -0.1) is 0 Å². The van der Waals surface area contributed by atoms with E-state index in [1.54, 1.807) is 6.20 Å². The minimum Gasteiger partial charge on any atom is -0.478 e. The molecule has 1 aliphatic carbocycles. The van der Waals surface area contributed by atoms with Crippen LogP contribution in [0.2, 0.25) is 0 Å². The van der Waals surface area contributed by atoms with E-state index in [0.717, 1.165) is 18.5 Å². The number of hydrogen-bond acceptors (Lipinski definition) is 5. The van der Waals surface area contributed by atoms with Gasteiger partial charge in [0.15, 0.2) is 5.65 Å². The Morgan fingerprint density at radius 2 is 1.79 bits per heavy atom. The number of hydrogen-bond donors (Lipinski definition) is 3. The number of nitrogens with zero attached hydrogens (tertiary/aromatic N) is 3. The average molecular weight is 470 g/mol. The molecule has 1 saturated carbocycles. The molecule has 4 N–H and O–H groups in total. The number of piperidine rings is 1. The van der Waals surface area contributed by atoms with Crippen LogP contribution in [0.1, 0.15) is 68.4 Å². The summed E-state index contributed by atoms with van der Waals surface area (Å²) in [5, 5.41) is 8.93. The summed E-state index contributed by atoms with van der Waals surface area (Å²) in [6, 6.07) is -0.667. The first kappa shape index (κ1) is 24.9.